The molecule has 4 aromatic carbocycles. The Morgan fingerprint density at radius 3 is 2.06 bits per heavy atom. The summed E-state index contributed by atoms with van der Waals surface area (Å²) in [6.07, 6.45) is -0.924. The molecule has 0 radical (unpaired) electrons. The Morgan fingerprint density at radius 1 is 0.882 bits per heavy atom. The van der Waals surface area contributed by atoms with E-state index in [1.807, 2.05) is 63.0 Å². The summed E-state index contributed by atoms with van der Waals surface area (Å²) < 4.78 is 83.6. The fraction of sp³-hybridized carbons (Fsp3) is 0.447. The number of aliphatic hydroxyl groups is 1. The van der Waals surface area contributed by atoms with E-state index < -0.39 is 50.4 Å². The average molecular weight is 993 g/mol. The molecule has 1 atom stereocenters. The highest BCUT2D eigenvalue weighted by atomic mass is 32.2. The molecule has 1 amide bonds. The number of piperidine rings is 1. The van der Waals surface area contributed by atoms with Gasteiger partial charge in [0, 0.05) is 51.6 Å². The third-order valence-electron chi connectivity index (χ3n) is 12.3. The second-order valence-electron chi connectivity index (χ2n) is 18.3. The minimum Gasteiger partial charge on any atom is -0.497 e. The summed E-state index contributed by atoms with van der Waals surface area (Å²) in [6, 6.07) is 28.3. The number of tetrazole rings is 1. The van der Waals surface area contributed by atoms with Crippen LogP contribution in [0.4, 0.5) is 10.5 Å². The van der Waals surface area contributed by atoms with Crippen molar-refractivity contribution in [3.8, 4) is 17.1 Å². The Labute approximate surface area is 400 Å². The minimum atomic E-state index is -4.84. The zero-order chi connectivity index (χ0) is 49.1. The number of nitrogens with one attached hydrogen (secondary N) is 2. The van der Waals surface area contributed by atoms with Crippen molar-refractivity contribution in [1.82, 2.24) is 34.6 Å². The molecule has 0 bridgehead atoms. The van der Waals surface area contributed by atoms with Crippen LogP contribution < -0.4 is 19.7 Å². The van der Waals surface area contributed by atoms with E-state index in [1.54, 1.807) is 73.8 Å². The number of aliphatic hydroxyl groups excluding tert-OH is 1. The number of aromatic nitrogens is 4. The number of hydrogen-bond acceptors (Lipinski definition) is 13. The highest BCUT2D eigenvalue weighted by Gasteiger charge is 2.41. The molecule has 4 N–H and O–H groups in total. The van der Waals surface area contributed by atoms with Gasteiger partial charge in [0.1, 0.15) is 15.5 Å². The molecular weight excluding hydrogens is 929 g/mol. The number of anilines is 1. The first-order valence-electron chi connectivity index (χ1n) is 22.5. The number of hydrogen-bond donors (Lipinski definition) is 4. The van der Waals surface area contributed by atoms with Gasteiger partial charge in [-0.05, 0) is 83.1 Å². The smallest absolute Gasteiger partial charge is 0.404 e. The molecule has 5 aromatic rings. The summed E-state index contributed by atoms with van der Waals surface area (Å²) in [5.74, 6) is 0.713. The zero-order valence-electron chi connectivity index (χ0n) is 39.5. The molecule has 1 aromatic heterocycles. The van der Waals surface area contributed by atoms with Crippen molar-refractivity contribution >= 4 is 40.1 Å². The lowest BCUT2D eigenvalue weighted by Crippen LogP contribution is -2.50. The van der Waals surface area contributed by atoms with E-state index in [1.165, 1.54) is 15.2 Å². The van der Waals surface area contributed by atoms with E-state index in [-0.39, 0.29) is 68.3 Å². The van der Waals surface area contributed by atoms with Crippen LogP contribution in [0.25, 0.3) is 11.4 Å². The Bertz CT molecular complexity index is 2600. The maximum atomic E-state index is 16.0. The summed E-state index contributed by atoms with van der Waals surface area (Å²) in [4.78, 5) is 13.9. The lowest BCUT2D eigenvalue weighted by atomic mass is 9.96. The third-order valence-corrected chi connectivity index (χ3v) is 20.4. The Hall–Kier alpha value is -5.26. The van der Waals surface area contributed by atoms with Gasteiger partial charge in [-0.2, -0.15) is 9.10 Å². The lowest BCUT2D eigenvalue weighted by molar-refractivity contribution is 0.0616. The number of ether oxygens (including phenoxy) is 2. The summed E-state index contributed by atoms with van der Waals surface area (Å²) in [7, 11) is -10.6. The zero-order valence-corrected chi connectivity index (χ0v) is 42.2. The van der Waals surface area contributed by atoms with Gasteiger partial charge >= 0.3 is 6.09 Å². The number of benzene rings is 4. The van der Waals surface area contributed by atoms with Crippen LogP contribution in [0.3, 0.4) is 0 Å². The maximum absolute atomic E-state index is 16.0. The molecule has 368 valence electrons. The highest BCUT2D eigenvalue weighted by molar-refractivity contribution is 7.92. The van der Waals surface area contributed by atoms with E-state index in [0.29, 0.717) is 55.1 Å². The van der Waals surface area contributed by atoms with Crippen molar-refractivity contribution in [2.75, 3.05) is 58.0 Å². The summed E-state index contributed by atoms with van der Waals surface area (Å²) >= 11 is 0. The molecule has 0 saturated carbocycles. The molecule has 0 aliphatic carbocycles. The van der Waals surface area contributed by atoms with Crippen molar-refractivity contribution in [3.05, 3.63) is 114 Å². The molecule has 6 rings (SSSR count). The van der Waals surface area contributed by atoms with E-state index in [9.17, 15) is 15.0 Å². The molecular formula is C47H64N8O10S2Si. The minimum absolute atomic E-state index is 0.0448. The quantitative estimate of drug-likeness (QED) is 0.0438. The SMILES string of the molecule is COc1ccc(Cn2nnc(-c3c(N4CCC(COCCO)CC4)ccc(S(=O)(=O)NCC(CNC(=O)O)O[Si](C)(C)C(C)(C)C)c3S(=O)(=O)N(Cc3ccccc3)Cc3ccccc3)n2)cc1. The molecule has 0 spiro atoms. The Morgan fingerprint density at radius 2 is 1.50 bits per heavy atom. The van der Waals surface area contributed by atoms with Crippen molar-refractivity contribution in [2.45, 2.75) is 87.3 Å². The van der Waals surface area contributed by atoms with Gasteiger partial charge in [-0.15, -0.1) is 10.2 Å². The van der Waals surface area contributed by atoms with E-state index in [4.69, 9.17) is 19.0 Å². The van der Waals surface area contributed by atoms with Gasteiger partial charge in [0.25, 0.3) is 0 Å². The fourth-order valence-corrected chi connectivity index (χ4v) is 12.4. The van der Waals surface area contributed by atoms with Crippen molar-refractivity contribution < 1.29 is 45.7 Å². The van der Waals surface area contributed by atoms with Gasteiger partial charge in [-0.25, -0.2) is 26.4 Å². The molecule has 18 nitrogen and oxygen atoms in total. The van der Waals surface area contributed by atoms with Gasteiger partial charge in [-0.3, -0.25) is 0 Å². The van der Waals surface area contributed by atoms with Crippen molar-refractivity contribution in [2.24, 2.45) is 5.92 Å². The molecule has 1 unspecified atom stereocenters. The van der Waals surface area contributed by atoms with Gasteiger partial charge < -0.3 is 34.3 Å². The van der Waals surface area contributed by atoms with Crippen LogP contribution >= 0.6 is 0 Å². The summed E-state index contributed by atoms with van der Waals surface area (Å²) in [6.45, 7) is 10.8. The first-order valence-corrected chi connectivity index (χ1v) is 28.4. The monoisotopic (exact) mass is 992 g/mol. The molecule has 1 aliphatic heterocycles. The predicted octanol–water partition coefficient (Wildman–Crippen LogP) is 5.95. The number of carboxylic acid groups (broad SMARTS) is 1. The number of amides is 1. The number of sulfonamides is 2. The summed E-state index contributed by atoms with van der Waals surface area (Å²) in [5, 5.41) is 34.4. The Balaban J connectivity index is 1.55. The number of methoxy groups -OCH3 is 1. The topological polar surface area (TPSA) is 228 Å². The van der Waals surface area contributed by atoms with Crippen LogP contribution in [-0.2, 0) is 48.8 Å². The second kappa shape index (κ2) is 22.9. The molecule has 2 heterocycles. The van der Waals surface area contributed by atoms with Crippen LogP contribution in [0.1, 0.15) is 50.3 Å². The highest BCUT2D eigenvalue weighted by Crippen LogP contribution is 2.42. The van der Waals surface area contributed by atoms with E-state index in [2.05, 4.69) is 20.4 Å². The molecule has 68 heavy (non-hydrogen) atoms. The number of rotatable bonds is 23. The maximum Gasteiger partial charge on any atom is 0.404 e. The first-order chi connectivity index (χ1) is 32.3. The third kappa shape index (κ3) is 13.5. The van der Waals surface area contributed by atoms with Gasteiger partial charge in [-0.1, -0.05) is 93.6 Å². The normalized spacial score (nSPS) is 14.6. The molecule has 1 aliphatic rings. The predicted molar refractivity (Wildman–Crippen MR) is 261 cm³/mol. The van der Waals surface area contributed by atoms with Crippen LogP contribution in [0, 0.1) is 5.92 Å². The molecule has 1 saturated heterocycles. The van der Waals surface area contributed by atoms with Crippen LogP contribution in [0.15, 0.2) is 107 Å². The fourth-order valence-electron chi connectivity index (χ4n) is 7.62. The number of carbonyl (C=O) groups is 1. The van der Waals surface area contributed by atoms with Crippen LogP contribution in [0.2, 0.25) is 18.1 Å². The second-order valence-corrected chi connectivity index (χ2v) is 26.7. The first kappa shape index (κ1) is 52.1. The van der Waals surface area contributed by atoms with Crippen LogP contribution in [0.5, 0.6) is 5.75 Å². The standard InChI is InChI=1S/C47H64N8O10S2Si/c1-47(2,3)68(5,6)65-40(29-48-46(57)58)30-49-66(59,60)42-22-21-41(53-25-23-38(24-26-53)34-64-28-27-56)43(45-50-52-55(51-45)33-37-17-19-39(63-4)20-18-37)44(42)67(61,62)54(31-35-13-9-7-10-14-35)32-36-15-11-8-12-16-36/h7-22,38,40,48-49,56H,23-34H2,1-6H3,(H,57,58). The molecule has 21 heteroatoms. The van der Waals surface area contributed by atoms with E-state index >= 15 is 16.8 Å². The Kier molecular flexibility index (Phi) is 17.5. The summed E-state index contributed by atoms with van der Waals surface area (Å²) in [5.41, 5.74) is 2.48. The molecule has 1 fully saturated rings. The number of nitrogens with zero attached hydrogens (tertiary/aromatic N) is 6. The van der Waals surface area contributed by atoms with Crippen molar-refractivity contribution in [3.63, 3.8) is 0 Å². The lowest BCUT2D eigenvalue weighted by Gasteiger charge is -2.39. The van der Waals surface area contributed by atoms with Crippen LogP contribution in [-0.4, -0.2) is 125 Å². The largest absolute Gasteiger partial charge is 0.497 e. The van der Waals surface area contributed by atoms with Crippen molar-refractivity contribution in [1.29, 1.82) is 0 Å². The van der Waals surface area contributed by atoms with Gasteiger partial charge in [0.2, 0.25) is 25.9 Å². The average Bonchev–Trinajstić information content (AvgIpc) is 3.78. The van der Waals surface area contributed by atoms with Gasteiger partial charge in [0.05, 0.1) is 38.5 Å². The van der Waals surface area contributed by atoms with E-state index in [0.717, 1.165) is 5.56 Å². The van der Waals surface area contributed by atoms with Gasteiger partial charge in [0.15, 0.2) is 8.32 Å².